The zero-order valence-electron chi connectivity index (χ0n) is 14.1. The number of nitrogens with zero attached hydrogens (tertiary/aromatic N) is 2. The zero-order chi connectivity index (χ0) is 16.6. The molecular weight excluding hydrogens is 296 g/mol. The summed E-state index contributed by atoms with van der Waals surface area (Å²) in [6, 6.07) is 0. The maximum atomic E-state index is 12.7. The molecule has 1 fully saturated rings. The van der Waals surface area contributed by atoms with E-state index in [1.54, 1.807) is 11.6 Å². The molecular formula is C17H24N2O4. The Balaban J connectivity index is 2.07. The normalized spacial score (nSPS) is 23.4. The van der Waals surface area contributed by atoms with Crippen molar-refractivity contribution in [2.75, 3.05) is 13.2 Å². The molecule has 0 radical (unpaired) electrons. The molecule has 6 heteroatoms. The Labute approximate surface area is 136 Å². The SMILES string of the molecule is CCOC(=O)c1nn(C2CCCCO2)c2c1CC(C)(C)CC2=O. The summed E-state index contributed by atoms with van der Waals surface area (Å²) in [5.74, 6) is -0.419. The van der Waals surface area contributed by atoms with Gasteiger partial charge in [-0.05, 0) is 38.0 Å². The van der Waals surface area contributed by atoms with E-state index < -0.39 is 5.97 Å². The second-order valence-corrected chi connectivity index (χ2v) is 7.10. The van der Waals surface area contributed by atoms with Crippen LogP contribution in [0.2, 0.25) is 0 Å². The summed E-state index contributed by atoms with van der Waals surface area (Å²) in [6.07, 6.45) is 3.72. The van der Waals surface area contributed by atoms with Gasteiger partial charge < -0.3 is 9.47 Å². The number of esters is 1. The number of fused-ring (bicyclic) bond motifs is 1. The predicted molar refractivity (Wildman–Crippen MR) is 83.5 cm³/mol. The maximum absolute atomic E-state index is 12.7. The minimum absolute atomic E-state index is 0.0356. The summed E-state index contributed by atoms with van der Waals surface area (Å²) in [5, 5.41) is 4.45. The van der Waals surface area contributed by atoms with Crippen LogP contribution in [0.1, 0.15) is 79.2 Å². The third kappa shape index (κ3) is 3.04. The molecule has 1 aliphatic heterocycles. The Morgan fingerprint density at radius 1 is 1.39 bits per heavy atom. The number of ether oxygens (including phenoxy) is 2. The topological polar surface area (TPSA) is 70.4 Å². The van der Waals surface area contributed by atoms with Crippen molar-refractivity contribution in [2.24, 2.45) is 5.41 Å². The average Bonchev–Trinajstić information content (AvgIpc) is 2.86. The van der Waals surface area contributed by atoms with Crippen LogP contribution in [0, 0.1) is 5.41 Å². The molecule has 1 unspecified atom stereocenters. The number of aromatic nitrogens is 2. The first kappa shape index (κ1) is 16.2. The maximum Gasteiger partial charge on any atom is 0.359 e. The van der Waals surface area contributed by atoms with E-state index in [2.05, 4.69) is 5.10 Å². The van der Waals surface area contributed by atoms with Crippen LogP contribution >= 0.6 is 0 Å². The molecule has 0 N–H and O–H groups in total. The molecule has 0 spiro atoms. The molecule has 1 aromatic rings. The van der Waals surface area contributed by atoms with E-state index in [0.29, 0.717) is 25.1 Å². The van der Waals surface area contributed by atoms with Gasteiger partial charge in [-0.3, -0.25) is 4.79 Å². The first-order valence-corrected chi connectivity index (χ1v) is 8.36. The quantitative estimate of drug-likeness (QED) is 0.801. The van der Waals surface area contributed by atoms with Crippen LogP contribution < -0.4 is 0 Å². The first-order valence-electron chi connectivity index (χ1n) is 8.36. The second kappa shape index (κ2) is 6.07. The molecule has 0 saturated carbocycles. The molecule has 3 rings (SSSR count). The third-order valence-electron chi connectivity index (χ3n) is 4.46. The van der Waals surface area contributed by atoms with Crippen molar-refractivity contribution in [3.8, 4) is 0 Å². The molecule has 1 saturated heterocycles. The van der Waals surface area contributed by atoms with Gasteiger partial charge in [-0.1, -0.05) is 13.8 Å². The van der Waals surface area contributed by atoms with Gasteiger partial charge in [-0.25, -0.2) is 9.48 Å². The smallest absolute Gasteiger partial charge is 0.359 e. The standard InChI is InChI=1S/C17H24N2O4/c1-4-22-16(21)14-11-9-17(2,3)10-12(20)15(11)19(18-14)13-7-5-6-8-23-13/h13H,4-10H2,1-3H3. The Morgan fingerprint density at radius 2 is 2.17 bits per heavy atom. The van der Waals surface area contributed by atoms with E-state index in [0.717, 1.165) is 24.8 Å². The van der Waals surface area contributed by atoms with Crippen LogP contribution in [-0.4, -0.2) is 34.7 Å². The van der Waals surface area contributed by atoms with Gasteiger partial charge in [-0.15, -0.1) is 0 Å². The van der Waals surface area contributed by atoms with Gasteiger partial charge in [-0.2, -0.15) is 5.10 Å². The van der Waals surface area contributed by atoms with Crippen molar-refractivity contribution < 1.29 is 19.1 Å². The molecule has 126 valence electrons. The van der Waals surface area contributed by atoms with Gasteiger partial charge in [0.05, 0.1) is 6.61 Å². The van der Waals surface area contributed by atoms with E-state index in [4.69, 9.17) is 9.47 Å². The lowest BCUT2D eigenvalue weighted by Gasteiger charge is -2.30. The summed E-state index contributed by atoms with van der Waals surface area (Å²) in [4.78, 5) is 25.0. The highest BCUT2D eigenvalue weighted by Crippen LogP contribution is 2.38. The Hall–Kier alpha value is -1.69. The van der Waals surface area contributed by atoms with Crippen molar-refractivity contribution in [3.05, 3.63) is 17.0 Å². The van der Waals surface area contributed by atoms with Gasteiger partial charge in [0.25, 0.3) is 0 Å². The van der Waals surface area contributed by atoms with E-state index in [1.165, 1.54) is 0 Å². The lowest BCUT2D eigenvalue weighted by molar-refractivity contribution is -0.0410. The Morgan fingerprint density at radius 3 is 2.83 bits per heavy atom. The van der Waals surface area contributed by atoms with Gasteiger partial charge >= 0.3 is 5.97 Å². The average molecular weight is 320 g/mol. The summed E-state index contributed by atoms with van der Waals surface area (Å²) in [7, 11) is 0. The highest BCUT2D eigenvalue weighted by Gasteiger charge is 2.39. The molecule has 1 aliphatic carbocycles. The Bertz CT molecular complexity index is 627. The second-order valence-electron chi connectivity index (χ2n) is 7.10. The van der Waals surface area contributed by atoms with Crippen LogP contribution in [0.5, 0.6) is 0 Å². The van der Waals surface area contributed by atoms with Gasteiger partial charge in [0.1, 0.15) is 5.69 Å². The molecule has 1 atom stereocenters. The molecule has 0 aromatic carbocycles. The fourth-order valence-electron chi connectivity index (χ4n) is 3.48. The minimum atomic E-state index is -0.455. The third-order valence-corrected chi connectivity index (χ3v) is 4.46. The summed E-state index contributed by atoms with van der Waals surface area (Å²) < 4.78 is 12.5. The van der Waals surface area contributed by atoms with E-state index in [9.17, 15) is 9.59 Å². The summed E-state index contributed by atoms with van der Waals surface area (Å²) >= 11 is 0. The van der Waals surface area contributed by atoms with Gasteiger partial charge in [0, 0.05) is 18.6 Å². The van der Waals surface area contributed by atoms with Crippen molar-refractivity contribution >= 4 is 11.8 Å². The summed E-state index contributed by atoms with van der Waals surface area (Å²) in [5.41, 5.74) is 1.36. The van der Waals surface area contributed by atoms with Crippen molar-refractivity contribution in [2.45, 2.75) is 59.1 Å². The highest BCUT2D eigenvalue weighted by atomic mass is 16.5. The fourth-order valence-corrected chi connectivity index (χ4v) is 3.48. The number of ketones is 1. The van der Waals surface area contributed by atoms with Crippen molar-refractivity contribution in [3.63, 3.8) is 0 Å². The lowest BCUT2D eigenvalue weighted by atomic mass is 9.75. The Kier molecular flexibility index (Phi) is 4.27. The molecule has 2 heterocycles. The largest absolute Gasteiger partial charge is 0.461 e. The van der Waals surface area contributed by atoms with Crippen molar-refractivity contribution in [1.82, 2.24) is 9.78 Å². The number of carbonyl (C=O) groups excluding carboxylic acids is 2. The number of Topliss-reactive ketones (excluding diaryl/α,β-unsaturated/α-hetero) is 1. The monoisotopic (exact) mass is 320 g/mol. The fraction of sp³-hybridized carbons (Fsp3) is 0.706. The van der Waals surface area contributed by atoms with Crippen LogP contribution in [-0.2, 0) is 15.9 Å². The zero-order valence-corrected chi connectivity index (χ0v) is 14.1. The van der Waals surface area contributed by atoms with Crippen molar-refractivity contribution in [1.29, 1.82) is 0 Å². The van der Waals surface area contributed by atoms with Crippen LogP contribution in [0.15, 0.2) is 0 Å². The van der Waals surface area contributed by atoms with Crippen LogP contribution in [0.3, 0.4) is 0 Å². The highest BCUT2D eigenvalue weighted by molar-refractivity contribution is 6.01. The predicted octanol–water partition coefficient (Wildman–Crippen LogP) is 2.91. The van der Waals surface area contributed by atoms with Crippen LogP contribution in [0.25, 0.3) is 0 Å². The number of hydrogen-bond acceptors (Lipinski definition) is 5. The number of hydrogen-bond donors (Lipinski definition) is 0. The number of rotatable bonds is 3. The van der Waals surface area contributed by atoms with E-state index in [1.807, 2.05) is 13.8 Å². The van der Waals surface area contributed by atoms with Crippen LogP contribution in [0.4, 0.5) is 0 Å². The molecule has 0 amide bonds. The molecule has 2 aliphatic rings. The minimum Gasteiger partial charge on any atom is -0.461 e. The number of carbonyl (C=O) groups is 2. The first-order chi connectivity index (χ1) is 10.9. The lowest BCUT2D eigenvalue weighted by Crippen LogP contribution is -2.30. The molecule has 6 nitrogen and oxygen atoms in total. The van der Waals surface area contributed by atoms with Gasteiger partial charge in [0.2, 0.25) is 0 Å². The summed E-state index contributed by atoms with van der Waals surface area (Å²) in [6.45, 7) is 6.79. The van der Waals surface area contributed by atoms with E-state index >= 15 is 0 Å². The van der Waals surface area contributed by atoms with Gasteiger partial charge in [0.15, 0.2) is 17.7 Å². The molecule has 23 heavy (non-hydrogen) atoms. The van der Waals surface area contributed by atoms with E-state index in [-0.39, 0.29) is 29.7 Å². The molecule has 0 bridgehead atoms. The molecule has 1 aromatic heterocycles.